The van der Waals surface area contributed by atoms with E-state index >= 15 is 0 Å². The van der Waals surface area contributed by atoms with Crippen molar-refractivity contribution in [3.05, 3.63) is 48.2 Å². The largest absolute Gasteiger partial charge is 0.573 e. The molecule has 152 valence electrons. The second-order valence-corrected chi connectivity index (χ2v) is 5.43. The molecule has 0 radical (unpaired) electrons. The van der Waals surface area contributed by atoms with E-state index in [0.29, 0.717) is 11.5 Å². The second-order valence-electron chi connectivity index (χ2n) is 5.43. The van der Waals surface area contributed by atoms with E-state index in [-0.39, 0.29) is 54.6 Å². The fourth-order valence-electron chi connectivity index (χ4n) is 2.02. The Labute approximate surface area is 176 Å². The van der Waals surface area contributed by atoms with Gasteiger partial charge in [0, 0.05) is 17.8 Å². The van der Waals surface area contributed by atoms with Crippen LogP contribution in [0, 0.1) is 6.92 Å². The van der Waals surface area contributed by atoms with Crippen LogP contribution < -0.4 is 21.1 Å². The summed E-state index contributed by atoms with van der Waals surface area (Å²) in [5, 5.41) is 5.35. The number of hydrogen-bond donors (Lipinski definition) is 3. The molecule has 0 aliphatic rings. The quantitative estimate of drug-likeness (QED) is 0.314. The summed E-state index contributed by atoms with van der Waals surface area (Å²) in [6, 6.07) is 10.3. The third-order valence-electron chi connectivity index (χ3n) is 3.14. The van der Waals surface area contributed by atoms with Gasteiger partial charge in [0.05, 0.1) is 6.54 Å². The van der Waals surface area contributed by atoms with Crippen LogP contribution >= 0.6 is 24.0 Å². The van der Waals surface area contributed by atoms with Crippen molar-refractivity contribution in [3.63, 3.8) is 0 Å². The molecule has 0 unspecified atom stereocenters. The maximum absolute atomic E-state index is 12.1. The molecule has 1 aromatic carbocycles. The highest BCUT2D eigenvalue weighted by atomic mass is 127. The Bertz CT molecular complexity index is 813. The van der Waals surface area contributed by atoms with Crippen LogP contribution in [-0.4, -0.2) is 29.8 Å². The molecule has 7 nitrogen and oxygen atoms in total. The van der Waals surface area contributed by atoms with Gasteiger partial charge in [-0.05, 0) is 43.3 Å². The third-order valence-corrected chi connectivity index (χ3v) is 3.14. The molecule has 1 aromatic heterocycles. The predicted octanol–water partition coefficient (Wildman–Crippen LogP) is 3.66. The lowest BCUT2D eigenvalue weighted by Crippen LogP contribution is -2.23. The van der Waals surface area contributed by atoms with E-state index in [1.807, 2.05) is 13.0 Å². The average Bonchev–Trinajstić information content (AvgIpc) is 2.55. The van der Waals surface area contributed by atoms with Crippen LogP contribution in [0.25, 0.3) is 0 Å². The Morgan fingerprint density at radius 1 is 1.18 bits per heavy atom. The number of ether oxygens (including phenoxy) is 1. The summed E-state index contributed by atoms with van der Waals surface area (Å²) in [7, 11) is 0. The molecule has 28 heavy (non-hydrogen) atoms. The molecule has 0 bridgehead atoms. The minimum absolute atomic E-state index is 0. The van der Waals surface area contributed by atoms with E-state index in [9.17, 15) is 18.0 Å². The van der Waals surface area contributed by atoms with Crippen molar-refractivity contribution in [1.82, 2.24) is 4.98 Å². The lowest BCUT2D eigenvalue weighted by Gasteiger charge is -2.10. The van der Waals surface area contributed by atoms with Crippen LogP contribution in [0.5, 0.6) is 5.75 Å². The number of amides is 1. The van der Waals surface area contributed by atoms with Gasteiger partial charge in [-0.3, -0.25) is 9.79 Å². The fraction of sp³-hybridized carbons (Fsp3) is 0.235. The number of nitrogens with one attached hydrogen (secondary N) is 2. The van der Waals surface area contributed by atoms with Crippen LogP contribution in [0.2, 0.25) is 0 Å². The number of rotatable bonds is 6. The highest BCUT2D eigenvalue weighted by molar-refractivity contribution is 14.0. The number of carbonyl (C=O) groups excluding carboxylic acids is 1. The van der Waals surface area contributed by atoms with Crippen molar-refractivity contribution in [2.24, 2.45) is 10.7 Å². The topological polar surface area (TPSA) is 102 Å². The van der Waals surface area contributed by atoms with E-state index in [4.69, 9.17) is 5.73 Å². The molecule has 0 saturated heterocycles. The first-order valence-electron chi connectivity index (χ1n) is 7.87. The van der Waals surface area contributed by atoms with Gasteiger partial charge >= 0.3 is 6.36 Å². The first-order valence-corrected chi connectivity index (χ1v) is 7.87. The molecular formula is C17H19F3IN5O2. The number of halogens is 4. The van der Waals surface area contributed by atoms with Gasteiger partial charge in [-0.1, -0.05) is 6.07 Å². The van der Waals surface area contributed by atoms with Crippen LogP contribution in [0.1, 0.15) is 12.1 Å². The Morgan fingerprint density at radius 2 is 1.86 bits per heavy atom. The SMILES string of the molecule is Cc1cccc(NC(=O)CCN=C(N)Nc2ccc(OC(F)(F)F)cc2)n1.I. The van der Waals surface area contributed by atoms with E-state index in [1.165, 1.54) is 12.1 Å². The summed E-state index contributed by atoms with van der Waals surface area (Å²) in [5.41, 5.74) is 6.90. The number of hydrogen-bond acceptors (Lipinski definition) is 4. The van der Waals surface area contributed by atoms with Gasteiger partial charge in [-0.2, -0.15) is 0 Å². The number of carbonyl (C=O) groups is 1. The molecule has 2 rings (SSSR count). The first kappa shape index (κ1) is 23.5. The minimum atomic E-state index is -4.75. The minimum Gasteiger partial charge on any atom is -0.406 e. The number of pyridine rings is 1. The molecular weight excluding hydrogens is 490 g/mol. The molecule has 0 fully saturated rings. The van der Waals surface area contributed by atoms with Crippen molar-refractivity contribution < 1.29 is 22.7 Å². The summed E-state index contributed by atoms with van der Waals surface area (Å²) < 4.78 is 40.1. The Morgan fingerprint density at radius 3 is 2.46 bits per heavy atom. The Kier molecular flexibility index (Phi) is 8.96. The van der Waals surface area contributed by atoms with E-state index in [0.717, 1.165) is 17.8 Å². The molecule has 0 aliphatic carbocycles. The maximum atomic E-state index is 12.1. The zero-order valence-electron chi connectivity index (χ0n) is 14.8. The standard InChI is InChI=1S/C17H18F3N5O2.HI/c1-11-3-2-4-14(23-11)25-15(26)9-10-22-16(21)24-12-5-7-13(8-6-12)27-17(18,19)20;/h2-8H,9-10H2,1H3,(H3,21,22,24)(H,23,25,26);1H. The molecule has 0 spiro atoms. The Balaban J connectivity index is 0.00000392. The average molecular weight is 509 g/mol. The smallest absolute Gasteiger partial charge is 0.406 e. The van der Waals surface area contributed by atoms with Crippen molar-refractivity contribution in [2.75, 3.05) is 17.2 Å². The number of nitrogens with two attached hydrogens (primary N) is 1. The predicted molar refractivity (Wildman–Crippen MR) is 111 cm³/mol. The van der Waals surface area contributed by atoms with Gasteiger partial charge in [0.1, 0.15) is 11.6 Å². The van der Waals surface area contributed by atoms with Gasteiger partial charge in [-0.15, -0.1) is 37.1 Å². The second kappa shape index (κ2) is 10.7. The number of alkyl halides is 3. The highest BCUT2D eigenvalue weighted by Gasteiger charge is 2.30. The van der Waals surface area contributed by atoms with Gasteiger partial charge in [0.15, 0.2) is 5.96 Å². The van der Waals surface area contributed by atoms with Crippen molar-refractivity contribution in [2.45, 2.75) is 19.7 Å². The van der Waals surface area contributed by atoms with Gasteiger partial charge < -0.3 is 21.1 Å². The van der Waals surface area contributed by atoms with Crippen molar-refractivity contribution in [1.29, 1.82) is 0 Å². The van der Waals surface area contributed by atoms with Crippen LogP contribution in [0.3, 0.4) is 0 Å². The first-order chi connectivity index (χ1) is 12.7. The molecule has 2 aromatic rings. The van der Waals surface area contributed by atoms with Gasteiger partial charge in [0.2, 0.25) is 5.91 Å². The number of aliphatic imine (C=N–C) groups is 1. The number of nitrogens with zero attached hydrogens (tertiary/aromatic N) is 2. The Hall–Kier alpha value is -2.57. The summed E-state index contributed by atoms with van der Waals surface area (Å²) >= 11 is 0. The summed E-state index contributed by atoms with van der Waals surface area (Å²) in [5.74, 6) is -0.125. The van der Waals surface area contributed by atoms with Crippen molar-refractivity contribution >= 4 is 47.3 Å². The maximum Gasteiger partial charge on any atom is 0.573 e. The molecule has 1 heterocycles. The lowest BCUT2D eigenvalue weighted by molar-refractivity contribution is -0.274. The monoisotopic (exact) mass is 509 g/mol. The highest BCUT2D eigenvalue weighted by Crippen LogP contribution is 2.23. The molecule has 1 amide bonds. The van der Waals surface area contributed by atoms with Gasteiger partial charge in [-0.25, -0.2) is 4.98 Å². The van der Waals surface area contributed by atoms with E-state index in [2.05, 4.69) is 25.3 Å². The number of aryl methyl sites for hydroxylation is 1. The van der Waals surface area contributed by atoms with Gasteiger partial charge in [0.25, 0.3) is 0 Å². The van der Waals surface area contributed by atoms with Crippen molar-refractivity contribution in [3.8, 4) is 5.75 Å². The molecule has 11 heteroatoms. The van der Waals surface area contributed by atoms with Crippen LogP contribution in [0.4, 0.5) is 24.7 Å². The summed E-state index contributed by atoms with van der Waals surface area (Å²) in [6.07, 6.45) is -4.65. The normalized spacial score (nSPS) is 11.4. The lowest BCUT2D eigenvalue weighted by atomic mass is 10.3. The third kappa shape index (κ3) is 8.88. The number of guanidine groups is 1. The molecule has 0 saturated carbocycles. The van der Waals surface area contributed by atoms with Crippen LogP contribution in [-0.2, 0) is 4.79 Å². The van der Waals surface area contributed by atoms with E-state index < -0.39 is 6.36 Å². The number of benzene rings is 1. The number of anilines is 2. The van der Waals surface area contributed by atoms with Crippen LogP contribution in [0.15, 0.2) is 47.5 Å². The fourth-order valence-corrected chi connectivity index (χ4v) is 2.02. The summed E-state index contributed by atoms with van der Waals surface area (Å²) in [4.78, 5) is 20.0. The summed E-state index contributed by atoms with van der Waals surface area (Å²) in [6.45, 7) is 1.94. The zero-order valence-corrected chi connectivity index (χ0v) is 17.1. The molecule has 0 atom stereocenters. The molecule has 0 aliphatic heterocycles. The number of aromatic nitrogens is 1. The van der Waals surface area contributed by atoms with E-state index in [1.54, 1.807) is 12.1 Å². The molecule has 4 N–H and O–H groups in total. The zero-order chi connectivity index (χ0) is 19.9.